The van der Waals surface area contributed by atoms with Gasteiger partial charge in [-0.1, -0.05) is 18.2 Å². The third-order valence-corrected chi connectivity index (χ3v) is 4.81. The van der Waals surface area contributed by atoms with E-state index in [0.29, 0.717) is 44.8 Å². The molecule has 2 atom stereocenters. The van der Waals surface area contributed by atoms with Crippen molar-refractivity contribution in [2.45, 2.75) is 31.6 Å². The summed E-state index contributed by atoms with van der Waals surface area (Å²) in [5.74, 6) is -0.258. The molecule has 0 spiro atoms. The first-order valence-electron chi connectivity index (χ1n) is 8.56. The molecule has 0 saturated carbocycles. The maximum Gasteiger partial charge on any atom is 0.315 e. The van der Waals surface area contributed by atoms with Crippen molar-refractivity contribution in [1.29, 1.82) is 0 Å². The number of benzene rings is 1. The van der Waals surface area contributed by atoms with E-state index < -0.39 is 0 Å². The van der Waals surface area contributed by atoms with E-state index in [1.54, 1.807) is 23.7 Å². The summed E-state index contributed by atoms with van der Waals surface area (Å²) in [5, 5.41) is 7.59. The number of halogens is 1. The fourth-order valence-electron chi connectivity index (χ4n) is 2.78. The Kier molecular flexibility index (Phi) is 6.93. The molecule has 2 N–H and O–H groups in total. The van der Waals surface area contributed by atoms with Crippen LogP contribution in [0.15, 0.2) is 35.2 Å². The fraction of sp³-hybridized carbons (Fsp3) is 0.444. The molecule has 3 rings (SSSR count). The number of carbonyl (C=O) groups excluding carboxylic acids is 1. The van der Waals surface area contributed by atoms with E-state index >= 15 is 0 Å². The molecule has 0 unspecified atom stereocenters. The quantitative estimate of drug-likeness (QED) is 0.775. The van der Waals surface area contributed by atoms with E-state index in [4.69, 9.17) is 9.47 Å². The first-order valence-corrected chi connectivity index (χ1v) is 9.51. The lowest BCUT2D eigenvalue weighted by molar-refractivity contribution is -0.0602. The van der Waals surface area contributed by atoms with Gasteiger partial charge in [0.15, 0.2) is 0 Å². The summed E-state index contributed by atoms with van der Waals surface area (Å²) in [6.45, 7) is 1.78. The van der Waals surface area contributed by atoms with Crippen molar-refractivity contribution in [3.8, 4) is 0 Å². The van der Waals surface area contributed by atoms with Gasteiger partial charge in [-0.25, -0.2) is 14.2 Å². The molecule has 26 heavy (non-hydrogen) atoms. The summed E-state index contributed by atoms with van der Waals surface area (Å²) >= 11 is 1.52. The van der Waals surface area contributed by atoms with Gasteiger partial charge in [0.25, 0.3) is 0 Å². The lowest BCUT2D eigenvalue weighted by atomic mass is 10.1. The van der Waals surface area contributed by atoms with Crippen LogP contribution in [-0.2, 0) is 22.5 Å². The summed E-state index contributed by atoms with van der Waals surface area (Å²) in [5.41, 5.74) is 3.23. The van der Waals surface area contributed by atoms with Gasteiger partial charge < -0.3 is 20.1 Å². The van der Waals surface area contributed by atoms with Gasteiger partial charge in [0.2, 0.25) is 0 Å². The minimum atomic E-state index is -0.306. The SMILES string of the molecule is O=C(NCCc1ccccc1F)N[C@@H]1COCC[C@@H]1OCc1cscn1. The smallest absolute Gasteiger partial charge is 0.315 e. The average Bonchev–Trinajstić information content (AvgIpc) is 3.16. The van der Waals surface area contributed by atoms with E-state index in [1.165, 1.54) is 17.4 Å². The van der Waals surface area contributed by atoms with Crippen LogP contribution in [0.5, 0.6) is 0 Å². The molecule has 1 aromatic heterocycles. The molecule has 1 fully saturated rings. The number of nitrogens with one attached hydrogen (secondary N) is 2. The average molecular weight is 379 g/mol. The molecule has 2 heterocycles. The number of aromatic nitrogens is 1. The number of rotatable bonds is 7. The zero-order chi connectivity index (χ0) is 18.2. The Balaban J connectivity index is 1.43. The number of nitrogens with zero attached hydrogens (tertiary/aromatic N) is 1. The lowest BCUT2D eigenvalue weighted by Gasteiger charge is -2.31. The number of carbonyl (C=O) groups is 1. The molecule has 2 aromatic rings. The van der Waals surface area contributed by atoms with E-state index in [1.807, 2.05) is 5.38 Å². The van der Waals surface area contributed by atoms with Crippen LogP contribution >= 0.6 is 11.3 Å². The van der Waals surface area contributed by atoms with Gasteiger partial charge in [-0.3, -0.25) is 0 Å². The third-order valence-electron chi connectivity index (χ3n) is 4.18. The largest absolute Gasteiger partial charge is 0.379 e. The van der Waals surface area contributed by atoms with Crippen molar-refractivity contribution in [2.75, 3.05) is 19.8 Å². The van der Waals surface area contributed by atoms with Crippen LogP contribution in [0.2, 0.25) is 0 Å². The highest BCUT2D eigenvalue weighted by atomic mass is 32.1. The maximum atomic E-state index is 13.6. The second kappa shape index (κ2) is 9.61. The molecule has 140 valence electrons. The molecule has 1 aliphatic rings. The first-order chi connectivity index (χ1) is 12.7. The van der Waals surface area contributed by atoms with Crippen molar-refractivity contribution >= 4 is 17.4 Å². The Morgan fingerprint density at radius 2 is 2.31 bits per heavy atom. The molecular formula is C18H22FN3O3S. The van der Waals surface area contributed by atoms with Crippen LogP contribution in [-0.4, -0.2) is 42.9 Å². The predicted octanol–water partition coefficient (Wildman–Crippen LogP) is 2.50. The maximum absolute atomic E-state index is 13.6. The Morgan fingerprint density at radius 1 is 1.42 bits per heavy atom. The minimum Gasteiger partial charge on any atom is -0.379 e. The second-order valence-electron chi connectivity index (χ2n) is 6.04. The van der Waals surface area contributed by atoms with Crippen LogP contribution in [0, 0.1) is 5.82 Å². The number of hydrogen-bond acceptors (Lipinski definition) is 5. The number of thiazole rings is 1. The Bertz CT molecular complexity index is 699. The highest BCUT2D eigenvalue weighted by molar-refractivity contribution is 7.07. The van der Waals surface area contributed by atoms with Crippen LogP contribution in [0.3, 0.4) is 0 Å². The van der Waals surface area contributed by atoms with Crippen LogP contribution in [0.1, 0.15) is 17.7 Å². The highest BCUT2D eigenvalue weighted by Gasteiger charge is 2.28. The molecule has 8 heteroatoms. The van der Waals surface area contributed by atoms with Crippen molar-refractivity contribution < 1.29 is 18.7 Å². The first kappa shape index (κ1) is 18.8. The summed E-state index contributed by atoms with van der Waals surface area (Å²) in [4.78, 5) is 16.3. The molecule has 1 aliphatic heterocycles. The van der Waals surface area contributed by atoms with E-state index in [0.717, 1.165) is 5.69 Å². The Morgan fingerprint density at radius 3 is 3.12 bits per heavy atom. The molecule has 1 saturated heterocycles. The van der Waals surface area contributed by atoms with Crippen molar-refractivity contribution in [3.05, 3.63) is 52.2 Å². The summed E-state index contributed by atoms with van der Waals surface area (Å²) in [6.07, 6.45) is 1.03. The van der Waals surface area contributed by atoms with Crippen LogP contribution < -0.4 is 10.6 Å². The Hall–Kier alpha value is -2.03. The van der Waals surface area contributed by atoms with Gasteiger partial charge in [0, 0.05) is 18.5 Å². The molecule has 0 radical (unpaired) electrons. The van der Waals surface area contributed by atoms with E-state index in [2.05, 4.69) is 15.6 Å². The third kappa shape index (κ3) is 5.48. The van der Waals surface area contributed by atoms with Gasteiger partial charge in [0.05, 0.1) is 36.6 Å². The molecule has 6 nitrogen and oxygen atoms in total. The van der Waals surface area contributed by atoms with Gasteiger partial charge in [-0.05, 0) is 24.5 Å². The monoisotopic (exact) mass is 379 g/mol. The number of urea groups is 1. The number of hydrogen-bond donors (Lipinski definition) is 2. The van der Waals surface area contributed by atoms with E-state index in [-0.39, 0.29) is 24.0 Å². The van der Waals surface area contributed by atoms with E-state index in [9.17, 15) is 9.18 Å². The molecule has 2 amide bonds. The molecule has 0 aliphatic carbocycles. The van der Waals surface area contributed by atoms with Gasteiger partial charge in [-0.15, -0.1) is 11.3 Å². The van der Waals surface area contributed by atoms with Crippen LogP contribution in [0.4, 0.5) is 9.18 Å². The predicted molar refractivity (Wildman–Crippen MR) is 96.6 cm³/mol. The summed E-state index contributed by atoms with van der Waals surface area (Å²) < 4.78 is 24.9. The normalized spacial score (nSPS) is 19.9. The van der Waals surface area contributed by atoms with Crippen molar-refractivity contribution in [1.82, 2.24) is 15.6 Å². The van der Waals surface area contributed by atoms with Gasteiger partial charge in [-0.2, -0.15) is 0 Å². The fourth-order valence-corrected chi connectivity index (χ4v) is 3.33. The zero-order valence-corrected chi connectivity index (χ0v) is 15.1. The topological polar surface area (TPSA) is 72.5 Å². The summed E-state index contributed by atoms with van der Waals surface area (Å²) in [6, 6.07) is 6.02. The zero-order valence-electron chi connectivity index (χ0n) is 14.3. The van der Waals surface area contributed by atoms with Gasteiger partial charge >= 0.3 is 6.03 Å². The van der Waals surface area contributed by atoms with Crippen molar-refractivity contribution in [2.24, 2.45) is 0 Å². The van der Waals surface area contributed by atoms with Crippen molar-refractivity contribution in [3.63, 3.8) is 0 Å². The van der Waals surface area contributed by atoms with Gasteiger partial charge in [0.1, 0.15) is 5.82 Å². The second-order valence-corrected chi connectivity index (χ2v) is 6.76. The Labute approximate surface area is 155 Å². The number of ether oxygens (including phenoxy) is 2. The molecular weight excluding hydrogens is 357 g/mol. The highest BCUT2D eigenvalue weighted by Crippen LogP contribution is 2.14. The summed E-state index contributed by atoms with van der Waals surface area (Å²) in [7, 11) is 0. The standard InChI is InChI=1S/C18H22FN3O3S/c19-15-4-2-1-3-13(15)5-7-20-18(23)22-16-10-24-8-6-17(16)25-9-14-11-26-12-21-14/h1-4,11-12,16-17H,5-10H2,(H2,20,22,23)/t16-,17+/m1/s1. The molecule has 1 aromatic carbocycles. The van der Waals surface area contributed by atoms with Crippen LogP contribution in [0.25, 0.3) is 0 Å². The minimum absolute atomic E-state index is 0.122. The molecule has 0 bridgehead atoms. The lowest BCUT2D eigenvalue weighted by Crippen LogP contribution is -2.53. The number of amides is 2.